The third-order valence-electron chi connectivity index (χ3n) is 3.86. The van der Waals surface area contributed by atoms with Gasteiger partial charge < -0.3 is 24.6 Å². The second-order valence-electron chi connectivity index (χ2n) is 5.78. The molecule has 0 bridgehead atoms. The van der Waals surface area contributed by atoms with Crippen molar-refractivity contribution in [1.82, 2.24) is 14.8 Å². The summed E-state index contributed by atoms with van der Waals surface area (Å²) in [5.74, 6) is 1.65. The molecule has 0 aliphatic carbocycles. The van der Waals surface area contributed by atoms with E-state index in [-0.39, 0.29) is 5.75 Å². The van der Waals surface area contributed by atoms with Crippen molar-refractivity contribution < 1.29 is 9.84 Å². The lowest BCUT2D eigenvalue weighted by atomic mass is 10.2. The lowest BCUT2D eigenvalue weighted by Gasteiger charge is -2.22. The van der Waals surface area contributed by atoms with Crippen molar-refractivity contribution in [2.24, 2.45) is 12.0 Å². The highest BCUT2D eigenvalue weighted by atomic mass is 35.5. The van der Waals surface area contributed by atoms with Crippen molar-refractivity contribution in [3.8, 4) is 11.5 Å². The zero-order valence-corrected chi connectivity index (χ0v) is 15.8. The first-order valence-corrected chi connectivity index (χ1v) is 8.48. The number of aromatic hydroxyl groups is 1. The summed E-state index contributed by atoms with van der Waals surface area (Å²) in [5, 5.41) is 14.0. The number of nitrogens with zero attached hydrogens (tertiary/aromatic N) is 3. The molecule has 0 aliphatic rings. The molecule has 25 heavy (non-hydrogen) atoms. The van der Waals surface area contributed by atoms with Gasteiger partial charge in [0.05, 0.1) is 25.2 Å². The van der Waals surface area contributed by atoms with E-state index in [1.807, 2.05) is 42.7 Å². The average molecular weight is 365 g/mol. The smallest absolute Gasteiger partial charge is 0.194 e. The minimum atomic E-state index is 0.206. The van der Waals surface area contributed by atoms with Crippen LogP contribution in [0.3, 0.4) is 0 Å². The van der Waals surface area contributed by atoms with E-state index in [0.717, 1.165) is 18.2 Å². The number of phenols is 1. The molecule has 0 atom stereocenters. The molecule has 0 amide bonds. The number of aliphatic imine (C=N–C) groups is 1. The number of aryl methyl sites for hydroxylation is 1. The van der Waals surface area contributed by atoms with E-state index in [4.69, 9.17) is 16.3 Å². The molecular formula is C18H25ClN4O2. The first-order chi connectivity index (χ1) is 11.9. The van der Waals surface area contributed by atoms with Gasteiger partial charge in [0.2, 0.25) is 0 Å². The van der Waals surface area contributed by atoms with Crippen LogP contribution in [0.4, 0.5) is 0 Å². The fourth-order valence-corrected chi connectivity index (χ4v) is 2.76. The molecule has 6 nitrogen and oxygen atoms in total. The van der Waals surface area contributed by atoms with Gasteiger partial charge in [0.15, 0.2) is 5.96 Å². The molecule has 2 N–H and O–H groups in total. The standard InChI is InChI=1S/C18H25ClN4O2/c1-5-20-18(23(3)12-15-9-14(19)11-22(15)2)21-10-13-8-16(25-4)6-7-17(13)24/h6-9,11,24H,5,10,12H2,1-4H3,(H,20,21). The number of guanidine groups is 1. The quantitative estimate of drug-likeness (QED) is 0.611. The van der Waals surface area contributed by atoms with Crippen molar-refractivity contribution in [2.75, 3.05) is 20.7 Å². The highest BCUT2D eigenvalue weighted by Gasteiger charge is 2.10. The van der Waals surface area contributed by atoms with Crippen LogP contribution in [-0.2, 0) is 20.1 Å². The van der Waals surface area contributed by atoms with Crippen LogP contribution in [0.25, 0.3) is 0 Å². The van der Waals surface area contributed by atoms with Crippen LogP contribution in [-0.4, -0.2) is 41.2 Å². The van der Waals surface area contributed by atoms with E-state index < -0.39 is 0 Å². The Morgan fingerprint density at radius 2 is 2.16 bits per heavy atom. The van der Waals surface area contributed by atoms with Gasteiger partial charge in [-0.3, -0.25) is 0 Å². The highest BCUT2D eigenvalue weighted by Crippen LogP contribution is 2.23. The number of rotatable bonds is 6. The molecule has 1 heterocycles. The van der Waals surface area contributed by atoms with Crippen LogP contribution in [0.5, 0.6) is 11.5 Å². The molecular weight excluding hydrogens is 340 g/mol. The Morgan fingerprint density at radius 3 is 2.76 bits per heavy atom. The maximum Gasteiger partial charge on any atom is 0.194 e. The van der Waals surface area contributed by atoms with E-state index in [0.29, 0.717) is 29.4 Å². The zero-order chi connectivity index (χ0) is 18.4. The Morgan fingerprint density at radius 1 is 1.40 bits per heavy atom. The van der Waals surface area contributed by atoms with E-state index in [9.17, 15) is 5.11 Å². The van der Waals surface area contributed by atoms with Gasteiger partial charge >= 0.3 is 0 Å². The van der Waals surface area contributed by atoms with Crippen molar-refractivity contribution >= 4 is 17.6 Å². The summed E-state index contributed by atoms with van der Waals surface area (Å²) >= 11 is 6.05. The molecule has 0 radical (unpaired) electrons. The molecule has 0 saturated carbocycles. The van der Waals surface area contributed by atoms with Gasteiger partial charge in [-0.15, -0.1) is 0 Å². The topological polar surface area (TPSA) is 62.0 Å². The average Bonchev–Trinajstić information content (AvgIpc) is 2.90. The third-order valence-corrected chi connectivity index (χ3v) is 4.06. The zero-order valence-electron chi connectivity index (χ0n) is 15.1. The third kappa shape index (κ3) is 5.06. The van der Waals surface area contributed by atoms with Crippen LogP contribution in [0.2, 0.25) is 5.02 Å². The van der Waals surface area contributed by atoms with Crippen LogP contribution in [0.1, 0.15) is 18.2 Å². The number of nitrogens with one attached hydrogen (secondary N) is 1. The maximum atomic E-state index is 10.0. The molecule has 0 fully saturated rings. The number of benzene rings is 1. The van der Waals surface area contributed by atoms with Crippen molar-refractivity contribution in [1.29, 1.82) is 0 Å². The lowest BCUT2D eigenvalue weighted by molar-refractivity contribution is 0.410. The van der Waals surface area contributed by atoms with E-state index in [2.05, 4.69) is 10.3 Å². The van der Waals surface area contributed by atoms with Gasteiger partial charge in [-0.25, -0.2) is 4.99 Å². The summed E-state index contributed by atoms with van der Waals surface area (Å²) in [6, 6.07) is 7.07. The predicted molar refractivity (Wildman–Crippen MR) is 101 cm³/mol. The van der Waals surface area contributed by atoms with Crippen LogP contribution >= 0.6 is 11.6 Å². The van der Waals surface area contributed by atoms with E-state index in [1.54, 1.807) is 25.3 Å². The molecule has 136 valence electrons. The molecule has 1 aromatic heterocycles. The summed E-state index contributed by atoms with van der Waals surface area (Å²) in [6.07, 6.45) is 1.88. The van der Waals surface area contributed by atoms with Gasteiger partial charge in [0.1, 0.15) is 11.5 Å². The van der Waals surface area contributed by atoms with Gasteiger partial charge in [-0.05, 0) is 31.2 Å². The summed E-state index contributed by atoms with van der Waals surface area (Å²) in [6.45, 7) is 3.79. The fraction of sp³-hybridized carbons (Fsp3) is 0.389. The number of aromatic nitrogens is 1. The normalized spacial score (nSPS) is 11.5. The number of ether oxygens (including phenoxy) is 1. The second kappa shape index (κ2) is 8.67. The van der Waals surface area contributed by atoms with E-state index >= 15 is 0 Å². The van der Waals surface area contributed by atoms with Crippen molar-refractivity contribution in [3.05, 3.63) is 46.7 Å². The first-order valence-electron chi connectivity index (χ1n) is 8.10. The Bertz CT molecular complexity index is 743. The molecule has 2 aromatic rings. The largest absolute Gasteiger partial charge is 0.508 e. The van der Waals surface area contributed by atoms with Gasteiger partial charge in [0.25, 0.3) is 0 Å². The molecule has 0 saturated heterocycles. The molecule has 0 spiro atoms. The molecule has 0 unspecified atom stereocenters. The number of methoxy groups -OCH3 is 1. The first kappa shape index (κ1) is 19.0. The summed E-state index contributed by atoms with van der Waals surface area (Å²) in [7, 11) is 5.53. The summed E-state index contributed by atoms with van der Waals surface area (Å²) < 4.78 is 7.20. The van der Waals surface area contributed by atoms with Crippen molar-refractivity contribution in [3.63, 3.8) is 0 Å². The Balaban J connectivity index is 2.16. The fourth-order valence-electron chi connectivity index (χ4n) is 2.49. The summed E-state index contributed by atoms with van der Waals surface area (Å²) in [4.78, 5) is 6.65. The van der Waals surface area contributed by atoms with Gasteiger partial charge in [-0.2, -0.15) is 0 Å². The Kier molecular flexibility index (Phi) is 6.58. The minimum Gasteiger partial charge on any atom is -0.508 e. The van der Waals surface area contributed by atoms with Gasteiger partial charge in [0, 0.05) is 38.1 Å². The molecule has 1 aromatic carbocycles. The molecule has 7 heteroatoms. The number of hydrogen-bond acceptors (Lipinski definition) is 3. The van der Waals surface area contributed by atoms with Crippen molar-refractivity contribution in [2.45, 2.75) is 20.0 Å². The summed E-state index contributed by atoms with van der Waals surface area (Å²) in [5.41, 5.74) is 1.80. The highest BCUT2D eigenvalue weighted by molar-refractivity contribution is 6.30. The number of halogens is 1. The van der Waals surface area contributed by atoms with Crippen LogP contribution in [0, 0.1) is 0 Å². The SMILES string of the molecule is CCNC(=NCc1cc(OC)ccc1O)N(C)Cc1cc(Cl)cn1C. The maximum absolute atomic E-state index is 10.0. The predicted octanol–water partition coefficient (Wildman–Crippen LogP) is 2.99. The van der Waals surface area contributed by atoms with Crippen LogP contribution < -0.4 is 10.1 Å². The van der Waals surface area contributed by atoms with E-state index in [1.165, 1.54) is 0 Å². The number of hydrogen-bond donors (Lipinski definition) is 2. The monoisotopic (exact) mass is 364 g/mol. The molecule has 0 aliphatic heterocycles. The number of phenolic OH excluding ortho intramolecular Hbond substituents is 1. The molecule has 2 rings (SSSR count). The Labute approximate surface area is 153 Å². The second-order valence-corrected chi connectivity index (χ2v) is 6.22. The Hall–Kier alpha value is -2.34. The van der Waals surface area contributed by atoms with Gasteiger partial charge in [-0.1, -0.05) is 11.6 Å². The minimum absolute atomic E-state index is 0.206. The van der Waals surface area contributed by atoms with Crippen LogP contribution in [0.15, 0.2) is 35.5 Å². The lowest BCUT2D eigenvalue weighted by Crippen LogP contribution is -2.38.